The molecule has 0 unspecified atom stereocenters. The van der Waals surface area contributed by atoms with Gasteiger partial charge < -0.3 is 4.90 Å². The Morgan fingerprint density at radius 2 is 1.93 bits per heavy atom. The maximum absolute atomic E-state index is 11.5. The molecule has 0 aliphatic carbocycles. The predicted molar refractivity (Wildman–Crippen MR) is 48.6 cm³/mol. The molecule has 0 saturated carbocycles. The van der Waals surface area contributed by atoms with Crippen LogP contribution in [0.5, 0.6) is 0 Å². The van der Waals surface area contributed by atoms with Crippen LogP contribution < -0.4 is 4.90 Å². The summed E-state index contributed by atoms with van der Waals surface area (Å²) in [5.41, 5.74) is 0.657. The zero-order chi connectivity index (χ0) is 9.97. The highest BCUT2D eigenvalue weighted by Crippen LogP contribution is 2.16. The highest BCUT2D eigenvalue weighted by atomic mass is 16.2. The Hall–Kier alpha value is -1.78. The van der Waals surface area contributed by atoms with Crippen LogP contribution in [0.3, 0.4) is 0 Å². The Morgan fingerprint density at radius 1 is 1.21 bits per heavy atom. The van der Waals surface area contributed by atoms with E-state index in [-0.39, 0.29) is 18.1 Å². The van der Waals surface area contributed by atoms with E-state index in [9.17, 15) is 9.59 Å². The minimum atomic E-state index is -0.170. The Balaban J connectivity index is 2.20. The molecule has 1 saturated heterocycles. The number of ketones is 1. The van der Waals surface area contributed by atoms with Gasteiger partial charge in [-0.3, -0.25) is 9.59 Å². The van der Waals surface area contributed by atoms with Crippen LogP contribution >= 0.6 is 0 Å². The van der Waals surface area contributed by atoms with Gasteiger partial charge in [-0.15, -0.1) is 0 Å². The molecule has 0 bridgehead atoms. The molecule has 1 aliphatic rings. The normalized spacial score (nSPS) is 17.3. The molecular weight excluding hydrogens is 182 g/mol. The van der Waals surface area contributed by atoms with Gasteiger partial charge in [0.25, 0.3) is 0 Å². The fraction of sp³-hybridized carbons (Fsp3) is 0.333. The first-order chi connectivity index (χ1) is 6.77. The van der Waals surface area contributed by atoms with Crippen molar-refractivity contribution in [2.45, 2.75) is 12.8 Å². The van der Waals surface area contributed by atoms with Crippen LogP contribution in [0.4, 0.5) is 5.69 Å². The number of rotatable bonds is 1. The highest BCUT2D eigenvalue weighted by Gasteiger charge is 2.24. The van der Waals surface area contributed by atoms with Gasteiger partial charge in [-0.25, -0.2) is 9.97 Å². The molecule has 14 heavy (non-hydrogen) atoms. The van der Waals surface area contributed by atoms with Gasteiger partial charge in [0.1, 0.15) is 12.1 Å². The summed E-state index contributed by atoms with van der Waals surface area (Å²) >= 11 is 0. The number of piperidine rings is 1. The van der Waals surface area contributed by atoms with Gasteiger partial charge >= 0.3 is 0 Å². The molecule has 1 aromatic rings. The lowest BCUT2D eigenvalue weighted by Gasteiger charge is -2.25. The van der Waals surface area contributed by atoms with Gasteiger partial charge in [-0.1, -0.05) is 0 Å². The van der Waals surface area contributed by atoms with E-state index in [1.807, 2.05) is 0 Å². The van der Waals surface area contributed by atoms with Crippen molar-refractivity contribution in [2.75, 3.05) is 11.4 Å². The summed E-state index contributed by atoms with van der Waals surface area (Å²) in [6.07, 6.45) is 4.96. The average Bonchev–Trinajstić information content (AvgIpc) is 2.19. The number of carbonyl (C=O) groups is 2. The summed E-state index contributed by atoms with van der Waals surface area (Å²) in [6.45, 7) is 0.436. The van der Waals surface area contributed by atoms with Gasteiger partial charge in [0.05, 0.1) is 24.5 Å². The zero-order valence-corrected chi connectivity index (χ0v) is 7.51. The van der Waals surface area contributed by atoms with Crippen LogP contribution in [0.2, 0.25) is 0 Å². The smallest absolute Gasteiger partial charge is 0.234 e. The third-order valence-corrected chi connectivity index (χ3v) is 2.12. The molecule has 5 nitrogen and oxygen atoms in total. The number of amides is 1. The molecule has 1 amide bonds. The summed E-state index contributed by atoms with van der Waals surface area (Å²) in [7, 11) is 0. The second-order valence-corrected chi connectivity index (χ2v) is 3.11. The second-order valence-electron chi connectivity index (χ2n) is 3.11. The molecular formula is C9H9N3O2. The minimum Gasteiger partial charge on any atom is -0.309 e. The van der Waals surface area contributed by atoms with E-state index in [0.29, 0.717) is 18.7 Å². The summed E-state index contributed by atoms with van der Waals surface area (Å²) in [5.74, 6) is -0.167. The minimum absolute atomic E-state index is 0.00287. The molecule has 2 heterocycles. The van der Waals surface area contributed by atoms with E-state index in [1.54, 1.807) is 17.3 Å². The average molecular weight is 191 g/mol. The molecule has 0 N–H and O–H groups in total. The van der Waals surface area contributed by atoms with Crippen LogP contribution in [0.1, 0.15) is 12.8 Å². The molecule has 72 valence electrons. The molecule has 0 spiro atoms. The van der Waals surface area contributed by atoms with E-state index in [0.717, 1.165) is 0 Å². The lowest BCUT2D eigenvalue weighted by atomic mass is 10.1. The topological polar surface area (TPSA) is 63.2 Å². The van der Waals surface area contributed by atoms with Crippen molar-refractivity contribution in [3.8, 4) is 0 Å². The third kappa shape index (κ3) is 1.61. The molecule has 2 rings (SSSR count). The zero-order valence-electron chi connectivity index (χ0n) is 7.51. The van der Waals surface area contributed by atoms with Crippen molar-refractivity contribution in [2.24, 2.45) is 0 Å². The van der Waals surface area contributed by atoms with Crippen molar-refractivity contribution < 1.29 is 9.59 Å². The third-order valence-electron chi connectivity index (χ3n) is 2.12. The Bertz CT molecular complexity index is 364. The van der Waals surface area contributed by atoms with Gasteiger partial charge in [-0.2, -0.15) is 0 Å². The number of hydrogen-bond donors (Lipinski definition) is 0. The first-order valence-electron chi connectivity index (χ1n) is 4.34. The molecule has 1 aliphatic heterocycles. The lowest BCUT2D eigenvalue weighted by Crippen LogP contribution is -2.39. The number of hydrogen-bond acceptors (Lipinski definition) is 4. The summed E-state index contributed by atoms with van der Waals surface area (Å²) in [6, 6.07) is 0. The quantitative estimate of drug-likeness (QED) is 0.594. The standard InChI is InChI=1S/C9H9N3O2/c13-8-1-2-12(9(14)3-8)7-4-10-6-11-5-7/h4-6H,1-3H2. The molecule has 0 radical (unpaired) electrons. The summed E-state index contributed by atoms with van der Waals surface area (Å²) < 4.78 is 0. The van der Waals surface area contributed by atoms with Gasteiger partial charge in [-0.05, 0) is 0 Å². The monoisotopic (exact) mass is 191 g/mol. The first-order valence-corrected chi connectivity index (χ1v) is 4.34. The molecule has 0 atom stereocenters. The number of anilines is 1. The summed E-state index contributed by atoms with van der Waals surface area (Å²) in [5, 5.41) is 0. The predicted octanol–water partition coefficient (Wildman–Crippen LogP) is 0.173. The van der Waals surface area contributed by atoms with Crippen molar-refractivity contribution in [1.29, 1.82) is 0 Å². The maximum atomic E-state index is 11.5. The molecule has 1 fully saturated rings. The highest BCUT2D eigenvalue weighted by molar-refractivity contribution is 6.08. The van der Waals surface area contributed by atoms with Crippen molar-refractivity contribution in [3.63, 3.8) is 0 Å². The van der Waals surface area contributed by atoms with Crippen LogP contribution in [0.15, 0.2) is 18.7 Å². The Morgan fingerprint density at radius 3 is 2.57 bits per heavy atom. The second kappa shape index (κ2) is 3.53. The van der Waals surface area contributed by atoms with Gasteiger partial charge in [0.2, 0.25) is 5.91 Å². The molecule has 5 heteroatoms. The fourth-order valence-electron chi connectivity index (χ4n) is 1.42. The van der Waals surface area contributed by atoms with E-state index in [2.05, 4.69) is 9.97 Å². The largest absolute Gasteiger partial charge is 0.309 e. The summed E-state index contributed by atoms with van der Waals surface area (Å²) in [4.78, 5) is 31.6. The lowest BCUT2D eigenvalue weighted by molar-refractivity contribution is -0.128. The van der Waals surface area contributed by atoms with E-state index < -0.39 is 0 Å². The first kappa shape index (κ1) is 8.80. The van der Waals surface area contributed by atoms with Crippen LogP contribution in [0.25, 0.3) is 0 Å². The SMILES string of the molecule is O=C1CCN(c2cncnc2)C(=O)C1. The van der Waals surface area contributed by atoms with Gasteiger partial charge in [0, 0.05) is 13.0 Å². The molecule has 1 aromatic heterocycles. The van der Waals surface area contributed by atoms with Crippen LogP contribution in [-0.4, -0.2) is 28.2 Å². The van der Waals surface area contributed by atoms with Gasteiger partial charge in [0.15, 0.2) is 0 Å². The van der Waals surface area contributed by atoms with Crippen LogP contribution in [0, 0.1) is 0 Å². The van der Waals surface area contributed by atoms with Crippen molar-refractivity contribution >= 4 is 17.4 Å². The number of carbonyl (C=O) groups excluding carboxylic acids is 2. The Kier molecular flexibility index (Phi) is 2.22. The fourth-order valence-corrected chi connectivity index (χ4v) is 1.42. The van der Waals surface area contributed by atoms with E-state index >= 15 is 0 Å². The Labute approximate surface area is 80.8 Å². The van der Waals surface area contributed by atoms with Crippen molar-refractivity contribution in [1.82, 2.24) is 9.97 Å². The number of aromatic nitrogens is 2. The number of Topliss-reactive ketones (excluding diaryl/α,β-unsaturated/α-hetero) is 1. The number of nitrogens with zero attached hydrogens (tertiary/aromatic N) is 3. The van der Waals surface area contributed by atoms with Crippen molar-refractivity contribution in [3.05, 3.63) is 18.7 Å². The molecule has 0 aromatic carbocycles. The van der Waals surface area contributed by atoms with E-state index in [4.69, 9.17) is 0 Å². The van der Waals surface area contributed by atoms with E-state index in [1.165, 1.54) is 6.33 Å². The van der Waals surface area contributed by atoms with Crippen LogP contribution in [-0.2, 0) is 9.59 Å². The maximum Gasteiger partial charge on any atom is 0.234 e.